The number of carbonyl (C=O) groups excluding carboxylic acids is 4. The Morgan fingerprint density at radius 3 is 2.50 bits per heavy atom. The van der Waals surface area contributed by atoms with Crippen molar-refractivity contribution in [1.29, 1.82) is 0 Å². The predicted octanol–water partition coefficient (Wildman–Crippen LogP) is 4.10. The number of pyridine rings is 1. The van der Waals surface area contributed by atoms with Gasteiger partial charge in [0.25, 0.3) is 5.91 Å². The largest absolute Gasteiger partial charge is 0.477 e. The summed E-state index contributed by atoms with van der Waals surface area (Å²) < 4.78 is 31.9. The summed E-state index contributed by atoms with van der Waals surface area (Å²) in [4.78, 5) is 81.8. The van der Waals surface area contributed by atoms with Gasteiger partial charge in [0, 0.05) is 54.6 Å². The minimum Gasteiger partial charge on any atom is -0.477 e. The van der Waals surface area contributed by atoms with Crippen LogP contribution in [0.4, 0.5) is 14.9 Å². The molecule has 4 aromatic rings. The van der Waals surface area contributed by atoms with Crippen molar-refractivity contribution in [2.24, 2.45) is 0 Å². The topological polar surface area (TPSA) is 194 Å². The van der Waals surface area contributed by atoms with E-state index in [0.29, 0.717) is 22.6 Å². The van der Waals surface area contributed by atoms with Crippen LogP contribution in [0, 0.1) is 12.7 Å². The molecule has 3 aliphatic heterocycles. The lowest BCUT2D eigenvalue weighted by Crippen LogP contribution is -2.70. The zero-order valence-electron chi connectivity index (χ0n) is 30.5. The zero-order chi connectivity index (χ0) is 40.2. The van der Waals surface area contributed by atoms with Crippen LogP contribution in [0.2, 0.25) is 5.02 Å². The van der Waals surface area contributed by atoms with Crippen molar-refractivity contribution in [3.05, 3.63) is 80.5 Å². The number of aryl methyl sites for hydroxylation is 2. The molecule has 0 spiro atoms. The Bertz CT molecular complexity index is 2360. The van der Waals surface area contributed by atoms with Crippen molar-refractivity contribution < 1.29 is 47.5 Å². The van der Waals surface area contributed by atoms with Crippen molar-refractivity contribution in [2.75, 3.05) is 37.9 Å². The molecular weight excluding hydrogens is 775 g/mol. The van der Waals surface area contributed by atoms with E-state index < -0.39 is 75.7 Å². The maximum absolute atomic E-state index is 15.3. The Kier molecular flexibility index (Phi) is 10.2. The summed E-state index contributed by atoms with van der Waals surface area (Å²) in [5.41, 5.74) is 0.190. The van der Waals surface area contributed by atoms with E-state index in [9.17, 15) is 33.9 Å². The fourth-order valence-electron chi connectivity index (χ4n) is 7.31. The monoisotopic (exact) mass is 810 g/mol. The van der Waals surface area contributed by atoms with Crippen LogP contribution in [0.5, 0.6) is 0 Å². The maximum atomic E-state index is 15.3. The number of rotatable bonds is 9. The van der Waals surface area contributed by atoms with Gasteiger partial charge in [-0.05, 0) is 45.9 Å². The van der Waals surface area contributed by atoms with Gasteiger partial charge in [0.1, 0.15) is 45.9 Å². The number of carboxylic acid groups (broad SMARTS) is 1. The summed E-state index contributed by atoms with van der Waals surface area (Å²) >= 11 is 7.66. The number of halogens is 2. The van der Waals surface area contributed by atoms with E-state index >= 15 is 4.39 Å². The molecular formula is C37H36ClFN6O10S. The Hall–Kier alpha value is -5.62. The van der Waals surface area contributed by atoms with Gasteiger partial charge < -0.3 is 43.7 Å². The number of hydrogen-bond donors (Lipinski definition) is 2. The van der Waals surface area contributed by atoms with E-state index in [1.165, 1.54) is 33.8 Å². The van der Waals surface area contributed by atoms with Gasteiger partial charge in [0.15, 0.2) is 0 Å². The number of esters is 1. The highest BCUT2D eigenvalue weighted by Gasteiger charge is 2.64. The summed E-state index contributed by atoms with van der Waals surface area (Å²) in [7, 11) is 0. The molecule has 0 radical (unpaired) electrons. The van der Waals surface area contributed by atoms with Crippen LogP contribution in [-0.4, -0.2) is 110 Å². The number of aromatic nitrogens is 2. The minimum atomic E-state index is -1.40. The van der Waals surface area contributed by atoms with E-state index in [1.807, 2.05) is 0 Å². The Morgan fingerprint density at radius 2 is 1.82 bits per heavy atom. The highest BCUT2D eigenvalue weighted by atomic mass is 35.5. The number of nitrogens with one attached hydrogen (secondary N) is 1. The SMILES string of the molecule is CCn1cc(C(=O)O)c(=O)c2cc(F)c(N3CCN(C(=O)OCOC(=O)[C@@H]4N5C(=O)[C@@H](NC(=O)c6c(-c7ccccc7Cl)noc6C)[C@H]5SC4(C)C)CC3)cc21. The lowest BCUT2D eigenvalue weighted by Gasteiger charge is -2.43. The van der Waals surface area contributed by atoms with Crippen LogP contribution in [0.1, 0.15) is 47.2 Å². The quantitative estimate of drug-likeness (QED) is 0.140. The number of carbonyl (C=O) groups is 5. The highest BCUT2D eigenvalue weighted by molar-refractivity contribution is 8.01. The zero-order valence-corrected chi connectivity index (χ0v) is 32.1. The summed E-state index contributed by atoms with van der Waals surface area (Å²) in [6, 6.07) is 7.39. The molecule has 3 amide bonds. The highest BCUT2D eigenvalue weighted by Crippen LogP contribution is 2.51. The van der Waals surface area contributed by atoms with Crippen molar-refractivity contribution in [3.63, 3.8) is 0 Å². The number of aromatic carboxylic acids is 1. The number of piperazine rings is 1. The molecule has 3 atom stereocenters. The van der Waals surface area contributed by atoms with Crippen LogP contribution in [0.25, 0.3) is 22.2 Å². The number of carboxylic acids is 1. The summed E-state index contributed by atoms with van der Waals surface area (Å²) in [5, 5.41) is 15.9. The molecule has 16 nitrogen and oxygen atoms in total. The first kappa shape index (κ1) is 38.6. The molecule has 56 heavy (non-hydrogen) atoms. The van der Waals surface area contributed by atoms with Gasteiger partial charge in [-0.1, -0.05) is 35.0 Å². The molecule has 2 aromatic heterocycles. The number of β-lactam (4-membered cyclic amide) rings is 1. The molecule has 3 aliphatic rings. The number of amides is 3. The fourth-order valence-corrected chi connectivity index (χ4v) is 9.16. The Morgan fingerprint density at radius 1 is 1.11 bits per heavy atom. The normalized spacial score (nSPS) is 20.1. The molecule has 0 bridgehead atoms. The van der Waals surface area contributed by atoms with Gasteiger partial charge in [-0.15, -0.1) is 11.8 Å². The van der Waals surface area contributed by atoms with Crippen molar-refractivity contribution in [2.45, 2.75) is 56.4 Å². The first-order chi connectivity index (χ1) is 26.6. The number of fused-ring (bicyclic) bond motifs is 2. The maximum Gasteiger partial charge on any atom is 0.412 e. The lowest BCUT2D eigenvalue weighted by atomic mass is 9.95. The summed E-state index contributed by atoms with van der Waals surface area (Å²) in [6.45, 7) is 7.21. The Balaban J connectivity index is 0.932. The fraction of sp³-hybridized carbons (Fsp3) is 0.378. The first-order valence-electron chi connectivity index (χ1n) is 17.6. The van der Waals surface area contributed by atoms with Crippen LogP contribution >= 0.6 is 23.4 Å². The van der Waals surface area contributed by atoms with Crippen LogP contribution in [-0.2, 0) is 25.6 Å². The molecule has 5 heterocycles. The van der Waals surface area contributed by atoms with E-state index in [2.05, 4.69) is 10.5 Å². The molecule has 2 N–H and O–H groups in total. The van der Waals surface area contributed by atoms with Gasteiger partial charge in [-0.2, -0.15) is 0 Å². The smallest absolute Gasteiger partial charge is 0.412 e. The molecule has 3 saturated heterocycles. The molecule has 3 fully saturated rings. The Labute approximate surface area is 327 Å². The van der Waals surface area contributed by atoms with Gasteiger partial charge in [0.05, 0.1) is 16.2 Å². The average Bonchev–Trinajstić information content (AvgIpc) is 3.67. The van der Waals surface area contributed by atoms with Gasteiger partial charge in [-0.3, -0.25) is 14.4 Å². The molecule has 0 unspecified atom stereocenters. The van der Waals surface area contributed by atoms with Crippen molar-refractivity contribution >= 4 is 69.8 Å². The number of benzene rings is 2. The number of thioether (sulfide) groups is 1. The summed E-state index contributed by atoms with van der Waals surface area (Å²) in [6.07, 6.45) is 0.470. The third kappa shape index (κ3) is 6.69. The van der Waals surface area contributed by atoms with Gasteiger partial charge in [0.2, 0.25) is 18.1 Å². The molecule has 0 aliphatic carbocycles. The van der Waals surface area contributed by atoms with E-state index in [0.717, 1.165) is 6.07 Å². The third-order valence-corrected chi connectivity index (χ3v) is 12.1. The predicted molar refractivity (Wildman–Crippen MR) is 201 cm³/mol. The minimum absolute atomic E-state index is 0.0492. The van der Waals surface area contributed by atoms with E-state index in [-0.39, 0.29) is 54.3 Å². The van der Waals surface area contributed by atoms with Gasteiger partial charge in [-0.25, -0.2) is 18.8 Å². The van der Waals surface area contributed by atoms with Crippen LogP contribution < -0.4 is 15.6 Å². The first-order valence-corrected chi connectivity index (χ1v) is 18.8. The lowest BCUT2D eigenvalue weighted by molar-refractivity contribution is -0.169. The molecule has 19 heteroatoms. The van der Waals surface area contributed by atoms with Crippen LogP contribution in [0.3, 0.4) is 0 Å². The second-order valence-corrected chi connectivity index (χ2v) is 16.1. The summed E-state index contributed by atoms with van der Waals surface area (Å²) in [5.74, 6) is -3.74. The standard InChI is InChI=1S/C37H36ClFN6O10S/c1-5-42-16-21(34(49)50)29(46)20-14-23(39)25(15-24(20)42)43-10-12-44(13-11-43)36(52)54-17-53-35(51)30-37(3,4)56-33-28(32(48)45(30)33)40-31(47)26-18(2)55-41-27(26)19-8-6-7-9-22(19)38/h6-9,14-16,28,30,33H,5,10-13,17H2,1-4H3,(H,40,47)(H,49,50)/t28-,30+,33-/m1/s1. The average molecular weight is 811 g/mol. The number of hydrogen-bond acceptors (Lipinski definition) is 12. The van der Waals surface area contributed by atoms with Crippen molar-refractivity contribution in [3.8, 4) is 11.3 Å². The number of nitrogens with zero attached hydrogens (tertiary/aromatic N) is 5. The molecule has 294 valence electrons. The number of anilines is 1. The van der Waals surface area contributed by atoms with Crippen LogP contribution in [0.15, 0.2) is 51.9 Å². The second-order valence-electron chi connectivity index (χ2n) is 13.9. The molecule has 7 rings (SSSR count). The van der Waals surface area contributed by atoms with Crippen molar-refractivity contribution in [1.82, 2.24) is 24.8 Å². The number of ether oxygens (including phenoxy) is 2. The third-order valence-electron chi connectivity index (χ3n) is 10.2. The molecule has 0 saturated carbocycles. The van der Waals surface area contributed by atoms with Gasteiger partial charge >= 0.3 is 18.0 Å². The second kappa shape index (κ2) is 14.8. The van der Waals surface area contributed by atoms with E-state index in [4.69, 9.17) is 25.6 Å². The molecule has 2 aromatic carbocycles. The van der Waals surface area contributed by atoms with E-state index in [1.54, 1.807) is 61.4 Å².